The maximum absolute atomic E-state index is 9.36. The Balaban J connectivity index is 1.99. The fourth-order valence-corrected chi connectivity index (χ4v) is 3.52. The number of hydrogen-bond donors (Lipinski definition) is 0. The number of rotatable bonds is 2. The zero-order valence-electron chi connectivity index (χ0n) is 12.2. The van der Waals surface area contributed by atoms with Gasteiger partial charge in [-0.05, 0) is 69.0 Å². The summed E-state index contributed by atoms with van der Waals surface area (Å²) in [4.78, 5) is 13.5. The van der Waals surface area contributed by atoms with Crippen molar-refractivity contribution in [2.75, 3.05) is 0 Å². The quantitative estimate of drug-likeness (QED) is 0.795. The van der Waals surface area contributed by atoms with Crippen molar-refractivity contribution in [2.45, 2.75) is 49.7 Å². The van der Waals surface area contributed by atoms with E-state index in [-0.39, 0.29) is 0 Å². The first kappa shape index (κ1) is 14.0. The van der Waals surface area contributed by atoms with Gasteiger partial charge in [0.2, 0.25) is 0 Å². The van der Waals surface area contributed by atoms with Crippen LogP contribution in [0.5, 0.6) is 0 Å². The predicted octanol–water partition coefficient (Wildman–Crippen LogP) is 3.39. The lowest BCUT2D eigenvalue weighted by Gasteiger charge is -2.16. The van der Waals surface area contributed by atoms with Crippen LogP contribution in [-0.2, 0) is 12.8 Å². The molecule has 2 heterocycles. The van der Waals surface area contributed by atoms with Crippen molar-refractivity contribution in [1.82, 2.24) is 15.0 Å². The van der Waals surface area contributed by atoms with E-state index in [1.54, 1.807) is 0 Å². The molecule has 0 N–H and O–H groups in total. The van der Waals surface area contributed by atoms with Crippen molar-refractivity contribution >= 4 is 11.8 Å². The van der Waals surface area contributed by atoms with Gasteiger partial charge in [-0.15, -0.1) is 0 Å². The zero-order chi connectivity index (χ0) is 14.8. The van der Waals surface area contributed by atoms with Crippen LogP contribution in [0.1, 0.15) is 41.1 Å². The minimum atomic E-state index is 0.628. The Morgan fingerprint density at radius 2 is 1.76 bits per heavy atom. The standard InChI is InChI=1S/C16H16N4S/c1-10-7-11(2)19-16(18-10)21-15-13(9-17)8-12-5-3-4-6-14(12)20-15/h7-8H,3-6H2,1-2H3. The monoisotopic (exact) mass is 296 g/mol. The lowest BCUT2D eigenvalue weighted by molar-refractivity contribution is 0.659. The molecule has 3 rings (SSSR count). The average Bonchev–Trinajstić information content (AvgIpc) is 2.45. The summed E-state index contributed by atoms with van der Waals surface area (Å²) in [5.74, 6) is 0. The van der Waals surface area contributed by atoms with Crippen molar-refractivity contribution in [3.05, 3.63) is 40.3 Å². The predicted molar refractivity (Wildman–Crippen MR) is 81.2 cm³/mol. The van der Waals surface area contributed by atoms with Crippen LogP contribution in [0.4, 0.5) is 0 Å². The summed E-state index contributed by atoms with van der Waals surface area (Å²) < 4.78 is 0. The van der Waals surface area contributed by atoms with Crippen LogP contribution in [0.3, 0.4) is 0 Å². The van der Waals surface area contributed by atoms with Crippen LogP contribution in [0, 0.1) is 25.2 Å². The minimum Gasteiger partial charge on any atom is -0.244 e. The van der Waals surface area contributed by atoms with E-state index in [1.807, 2.05) is 26.0 Å². The van der Waals surface area contributed by atoms with Gasteiger partial charge in [-0.1, -0.05) is 0 Å². The lowest BCUT2D eigenvalue weighted by Crippen LogP contribution is -2.07. The summed E-state index contributed by atoms with van der Waals surface area (Å²) in [5, 5.41) is 10.7. The van der Waals surface area contributed by atoms with Gasteiger partial charge in [-0.25, -0.2) is 15.0 Å². The molecular weight excluding hydrogens is 280 g/mol. The Morgan fingerprint density at radius 3 is 2.48 bits per heavy atom. The van der Waals surface area contributed by atoms with Crippen molar-refractivity contribution in [3.8, 4) is 6.07 Å². The molecule has 0 saturated carbocycles. The molecule has 21 heavy (non-hydrogen) atoms. The molecule has 0 saturated heterocycles. The number of pyridine rings is 1. The first-order valence-electron chi connectivity index (χ1n) is 7.09. The van der Waals surface area contributed by atoms with Gasteiger partial charge in [0.1, 0.15) is 11.1 Å². The van der Waals surface area contributed by atoms with Crippen molar-refractivity contribution < 1.29 is 0 Å². The molecule has 0 fully saturated rings. The summed E-state index contributed by atoms with van der Waals surface area (Å²) >= 11 is 1.38. The molecule has 4 nitrogen and oxygen atoms in total. The molecule has 0 radical (unpaired) electrons. The second kappa shape index (κ2) is 5.82. The SMILES string of the molecule is Cc1cc(C)nc(Sc2nc3c(cc2C#N)CCCC3)n1. The van der Waals surface area contributed by atoms with Crippen LogP contribution >= 0.6 is 11.8 Å². The summed E-state index contributed by atoms with van der Waals surface area (Å²) in [6, 6.07) is 6.19. The Labute approximate surface area is 128 Å². The summed E-state index contributed by atoms with van der Waals surface area (Å²) in [6.45, 7) is 3.90. The number of fused-ring (bicyclic) bond motifs is 1. The van der Waals surface area contributed by atoms with Crippen LogP contribution in [0.2, 0.25) is 0 Å². The highest BCUT2D eigenvalue weighted by atomic mass is 32.2. The number of hydrogen-bond acceptors (Lipinski definition) is 5. The van der Waals surface area contributed by atoms with E-state index in [0.717, 1.165) is 34.9 Å². The van der Waals surface area contributed by atoms with Gasteiger partial charge in [-0.2, -0.15) is 5.26 Å². The third-order valence-corrected chi connectivity index (χ3v) is 4.41. The molecule has 0 bridgehead atoms. The van der Waals surface area contributed by atoms with E-state index in [1.165, 1.54) is 30.2 Å². The maximum atomic E-state index is 9.36. The molecule has 106 valence electrons. The highest BCUT2D eigenvalue weighted by Crippen LogP contribution is 2.30. The topological polar surface area (TPSA) is 62.5 Å². The normalized spacial score (nSPS) is 13.6. The van der Waals surface area contributed by atoms with Crippen LogP contribution in [0.15, 0.2) is 22.3 Å². The Hall–Kier alpha value is -1.93. The second-order valence-electron chi connectivity index (χ2n) is 5.30. The summed E-state index contributed by atoms with van der Waals surface area (Å²) in [5.41, 5.74) is 4.85. The first-order chi connectivity index (χ1) is 10.2. The molecule has 0 amide bonds. The van der Waals surface area contributed by atoms with E-state index < -0.39 is 0 Å². The summed E-state index contributed by atoms with van der Waals surface area (Å²) in [7, 11) is 0. The third-order valence-electron chi connectivity index (χ3n) is 3.54. The van der Waals surface area contributed by atoms with Crippen molar-refractivity contribution in [3.63, 3.8) is 0 Å². The van der Waals surface area contributed by atoms with Gasteiger partial charge in [0.15, 0.2) is 5.16 Å². The Kier molecular flexibility index (Phi) is 3.89. The van der Waals surface area contributed by atoms with Crippen LogP contribution in [0.25, 0.3) is 0 Å². The molecular formula is C16H16N4S. The van der Waals surface area contributed by atoms with Gasteiger partial charge < -0.3 is 0 Å². The highest BCUT2D eigenvalue weighted by Gasteiger charge is 2.16. The average molecular weight is 296 g/mol. The molecule has 0 unspecified atom stereocenters. The molecule has 0 aliphatic heterocycles. The van der Waals surface area contributed by atoms with E-state index in [9.17, 15) is 5.26 Å². The van der Waals surface area contributed by atoms with Crippen LogP contribution in [-0.4, -0.2) is 15.0 Å². The fourth-order valence-electron chi connectivity index (χ4n) is 2.60. The molecule has 1 aliphatic carbocycles. The van der Waals surface area contributed by atoms with Gasteiger partial charge in [-0.3, -0.25) is 0 Å². The van der Waals surface area contributed by atoms with Gasteiger partial charge in [0, 0.05) is 17.1 Å². The molecule has 5 heteroatoms. The maximum Gasteiger partial charge on any atom is 0.194 e. The minimum absolute atomic E-state index is 0.628. The van der Waals surface area contributed by atoms with Crippen molar-refractivity contribution in [1.29, 1.82) is 5.26 Å². The molecule has 0 aromatic carbocycles. The smallest absolute Gasteiger partial charge is 0.194 e. The number of aryl methyl sites for hydroxylation is 4. The molecule has 2 aromatic rings. The van der Waals surface area contributed by atoms with Crippen molar-refractivity contribution in [2.24, 2.45) is 0 Å². The van der Waals surface area contributed by atoms with E-state index >= 15 is 0 Å². The number of nitriles is 1. The molecule has 1 aliphatic rings. The van der Waals surface area contributed by atoms with Gasteiger partial charge >= 0.3 is 0 Å². The molecule has 2 aromatic heterocycles. The van der Waals surface area contributed by atoms with Gasteiger partial charge in [0.05, 0.1) is 5.56 Å². The van der Waals surface area contributed by atoms with E-state index in [4.69, 9.17) is 4.98 Å². The molecule has 0 atom stereocenters. The third kappa shape index (κ3) is 3.06. The fraction of sp³-hybridized carbons (Fsp3) is 0.375. The van der Waals surface area contributed by atoms with Gasteiger partial charge in [0.25, 0.3) is 0 Å². The van der Waals surface area contributed by atoms with Crippen LogP contribution < -0.4 is 0 Å². The second-order valence-corrected chi connectivity index (χ2v) is 6.26. The van der Waals surface area contributed by atoms with E-state index in [0.29, 0.717) is 10.7 Å². The number of aromatic nitrogens is 3. The Bertz CT molecular complexity index is 714. The highest BCUT2D eigenvalue weighted by molar-refractivity contribution is 7.99. The lowest BCUT2D eigenvalue weighted by atomic mass is 9.95. The summed E-state index contributed by atoms with van der Waals surface area (Å²) in [6.07, 6.45) is 4.40. The molecule has 0 spiro atoms. The number of nitrogens with zero attached hydrogens (tertiary/aromatic N) is 4. The van der Waals surface area contributed by atoms with E-state index in [2.05, 4.69) is 16.0 Å². The zero-order valence-corrected chi connectivity index (χ0v) is 13.0. The first-order valence-corrected chi connectivity index (χ1v) is 7.90. The largest absolute Gasteiger partial charge is 0.244 e. The Morgan fingerprint density at radius 1 is 1.05 bits per heavy atom.